The summed E-state index contributed by atoms with van der Waals surface area (Å²) in [5, 5.41) is 20.9. The van der Waals surface area contributed by atoms with Crippen molar-refractivity contribution in [3.63, 3.8) is 0 Å². The Kier molecular flexibility index (Phi) is 4.94. The molecule has 138 valence electrons. The third kappa shape index (κ3) is 4.15. The molecule has 0 atom stereocenters. The summed E-state index contributed by atoms with van der Waals surface area (Å²) in [5.41, 5.74) is 1.44. The average Bonchev–Trinajstić information content (AvgIpc) is 3.11. The van der Waals surface area contributed by atoms with Crippen LogP contribution in [0.2, 0.25) is 0 Å². The Balaban J connectivity index is 1.76. The number of nitrogens with zero attached hydrogens (tertiary/aromatic N) is 3. The van der Waals surface area contributed by atoms with E-state index in [0.717, 1.165) is 24.3 Å². The van der Waals surface area contributed by atoms with Crippen molar-refractivity contribution in [3.8, 4) is 11.3 Å². The molecule has 0 amide bonds. The highest BCUT2D eigenvalue weighted by Crippen LogP contribution is 2.20. The van der Waals surface area contributed by atoms with Crippen molar-refractivity contribution in [2.24, 2.45) is 5.10 Å². The number of benzene rings is 2. The minimum absolute atomic E-state index is 0.170. The van der Waals surface area contributed by atoms with Gasteiger partial charge in [0.2, 0.25) is 0 Å². The van der Waals surface area contributed by atoms with E-state index in [1.807, 2.05) is 4.83 Å². The van der Waals surface area contributed by atoms with E-state index < -0.39 is 14.9 Å². The number of nitro groups is 1. The van der Waals surface area contributed by atoms with Crippen LogP contribution in [0.25, 0.3) is 11.3 Å². The van der Waals surface area contributed by atoms with Gasteiger partial charge in [-0.05, 0) is 36.4 Å². The molecule has 0 aliphatic heterocycles. The van der Waals surface area contributed by atoms with Gasteiger partial charge in [-0.3, -0.25) is 15.2 Å². The van der Waals surface area contributed by atoms with E-state index in [0.29, 0.717) is 16.8 Å². The molecule has 3 rings (SSSR count). The van der Waals surface area contributed by atoms with E-state index in [1.54, 1.807) is 12.1 Å². The van der Waals surface area contributed by atoms with Crippen LogP contribution in [0.15, 0.2) is 64.7 Å². The molecule has 0 aliphatic rings. The van der Waals surface area contributed by atoms with E-state index in [-0.39, 0.29) is 16.4 Å². The van der Waals surface area contributed by atoms with Gasteiger partial charge in [0.25, 0.3) is 15.7 Å². The lowest BCUT2D eigenvalue weighted by atomic mass is 10.1. The summed E-state index contributed by atoms with van der Waals surface area (Å²) in [6.45, 7) is 0. The van der Waals surface area contributed by atoms with Crippen molar-refractivity contribution in [2.45, 2.75) is 4.90 Å². The van der Waals surface area contributed by atoms with Crippen molar-refractivity contribution in [2.75, 3.05) is 0 Å². The molecule has 2 N–H and O–H groups in total. The summed E-state index contributed by atoms with van der Waals surface area (Å²) in [7, 11) is -3.99. The van der Waals surface area contributed by atoms with Gasteiger partial charge in [-0.15, -0.1) is 0 Å². The molecule has 3 aromatic rings. The molecular formula is C16H12FN5O4S. The number of hydrazone groups is 1. The number of nitro benzene ring substituents is 1. The Morgan fingerprint density at radius 3 is 2.44 bits per heavy atom. The fraction of sp³-hybridized carbons (Fsp3) is 0. The molecule has 27 heavy (non-hydrogen) atoms. The van der Waals surface area contributed by atoms with E-state index in [9.17, 15) is 22.9 Å². The zero-order chi connectivity index (χ0) is 19.4. The van der Waals surface area contributed by atoms with E-state index in [4.69, 9.17) is 0 Å². The molecule has 0 saturated carbocycles. The predicted octanol–water partition coefficient (Wildman–Crippen LogP) is 2.44. The maximum absolute atomic E-state index is 13.0. The van der Waals surface area contributed by atoms with Gasteiger partial charge in [-0.1, -0.05) is 0 Å². The number of H-pyrrole nitrogens is 1. The topological polar surface area (TPSA) is 130 Å². The van der Waals surface area contributed by atoms with Gasteiger partial charge in [-0.25, -0.2) is 9.22 Å². The van der Waals surface area contributed by atoms with Gasteiger partial charge in [0.15, 0.2) is 0 Å². The molecule has 0 unspecified atom stereocenters. The molecule has 0 fully saturated rings. The summed E-state index contributed by atoms with van der Waals surface area (Å²) in [4.78, 5) is 11.8. The van der Waals surface area contributed by atoms with E-state index in [1.165, 1.54) is 24.5 Å². The highest BCUT2D eigenvalue weighted by atomic mass is 32.2. The Bertz CT molecular complexity index is 1090. The first kappa shape index (κ1) is 18.2. The monoisotopic (exact) mass is 389 g/mol. The maximum Gasteiger partial charge on any atom is 0.276 e. The summed E-state index contributed by atoms with van der Waals surface area (Å²) in [5.74, 6) is -0.385. The molecule has 11 heteroatoms. The highest BCUT2D eigenvalue weighted by Gasteiger charge is 2.15. The third-order valence-corrected chi connectivity index (χ3v) is 4.77. The zero-order valence-corrected chi connectivity index (χ0v) is 14.4. The lowest BCUT2D eigenvalue weighted by Gasteiger charge is -2.03. The van der Waals surface area contributed by atoms with Crippen LogP contribution in [0, 0.1) is 15.9 Å². The normalized spacial score (nSPS) is 11.6. The minimum Gasteiger partial charge on any atom is -0.277 e. The van der Waals surface area contributed by atoms with Crippen LogP contribution < -0.4 is 4.83 Å². The van der Waals surface area contributed by atoms with Gasteiger partial charge in [-0.2, -0.15) is 18.6 Å². The van der Waals surface area contributed by atoms with Crippen molar-refractivity contribution in [1.82, 2.24) is 15.0 Å². The number of halogens is 1. The largest absolute Gasteiger partial charge is 0.277 e. The van der Waals surface area contributed by atoms with Crippen LogP contribution in [0.4, 0.5) is 10.1 Å². The van der Waals surface area contributed by atoms with Crippen molar-refractivity contribution in [1.29, 1.82) is 0 Å². The number of nitrogens with one attached hydrogen (secondary N) is 2. The van der Waals surface area contributed by atoms with Gasteiger partial charge in [0.1, 0.15) is 5.82 Å². The number of hydrogen-bond acceptors (Lipinski definition) is 6. The first-order valence-electron chi connectivity index (χ1n) is 7.45. The van der Waals surface area contributed by atoms with Crippen molar-refractivity contribution >= 4 is 21.9 Å². The molecule has 0 radical (unpaired) electrons. The third-order valence-electron chi connectivity index (χ3n) is 3.54. The second-order valence-electron chi connectivity index (χ2n) is 5.31. The molecule has 0 spiro atoms. The smallest absolute Gasteiger partial charge is 0.276 e. The van der Waals surface area contributed by atoms with Gasteiger partial charge >= 0.3 is 0 Å². The Morgan fingerprint density at radius 2 is 1.81 bits per heavy atom. The lowest BCUT2D eigenvalue weighted by molar-refractivity contribution is -0.384. The highest BCUT2D eigenvalue weighted by molar-refractivity contribution is 7.89. The van der Waals surface area contributed by atoms with Crippen molar-refractivity contribution < 1.29 is 17.7 Å². The van der Waals surface area contributed by atoms with Gasteiger partial charge in [0, 0.05) is 23.3 Å². The number of hydrogen-bond donors (Lipinski definition) is 2. The molecule has 0 bridgehead atoms. The van der Waals surface area contributed by atoms with Crippen LogP contribution in [0.5, 0.6) is 0 Å². The number of rotatable bonds is 6. The van der Waals surface area contributed by atoms with Crippen LogP contribution in [0.3, 0.4) is 0 Å². The lowest BCUT2D eigenvalue weighted by Crippen LogP contribution is -2.18. The first-order valence-corrected chi connectivity index (χ1v) is 8.94. The summed E-state index contributed by atoms with van der Waals surface area (Å²) >= 11 is 0. The maximum atomic E-state index is 13.0. The van der Waals surface area contributed by atoms with Crippen LogP contribution >= 0.6 is 0 Å². The molecule has 1 heterocycles. The number of non-ortho nitro benzene ring substituents is 1. The fourth-order valence-corrected chi connectivity index (χ4v) is 3.00. The Labute approximate surface area is 152 Å². The average molecular weight is 389 g/mol. The van der Waals surface area contributed by atoms with Crippen LogP contribution in [0.1, 0.15) is 5.56 Å². The molecule has 2 aromatic carbocycles. The standard InChI is InChI=1S/C16H12FN5O4S/c17-13-3-1-11(2-4-13)16-12(9-18-20-16)10-19-21-27(25,26)15-7-5-14(6-8-15)22(23)24/h1-10,21H,(H,18,20). The van der Waals surface area contributed by atoms with Crippen molar-refractivity contribution in [3.05, 3.63) is 76.2 Å². The van der Waals surface area contributed by atoms with E-state index in [2.05, 4.69) is 15.3 Å². The molecule has 0 saturated heterocycles. The quantitative estimate of drug-likeness (QED) is 0.380. The minimum atomic E-state index is -3.99. The Hall–Kier alpha value is -3.60. The summed E-state index contributed by atoms with van der Waals surface area (Å²) in [6.07, 6.45) is 2.67. The Morgan fingerprint density at radius 1 is 1.15 bits per heavy atom. The molecule has 0 aliphatic carbocycles. The second kappa shape index (κ2) is 7.33. The molecule has 9 nitrogen and oxygen atoms in total. The number of aromatic amines is 1. The SMILES string of the molecule is O=[N+]([O-])c1ccc(S(=O)(=O)NN=Cc2cn[nH]c2-c2ccc(F)cc2)cc1. The zero-order valence-electron chi connectivity index (χ0n) is 13.5. The number of sulfonamides is 1. The fourth-order valence-electron chi connectivity index (χ4n) is 2.21. The van der Waals surface area contributed by atoms with Gasteiger partial charge < -0.3 is 0 Å². The predicted molar refractivity (Wildman–Crippen MR) is 95.0 cm³/mol. The second-order valence-corrected chi connectivity index (χ2v) is 6.97. The summed E-state index contributed by atoms with van der Waals surface area (Å²) in [6, 6.07) is 10.0. The molecule has 1 aromatic heterocycles. The summed E-state index contributed by atoms with van der Waals surface area (Å²) < 4.78 is 37.4. The number of aromatic nitrogens is 2. The van der Waals surface area contributed by atoms with E-state index >= 15 is 0 Å². The molecular weight excluding hydrogens is 377 g/mol. The first-order chi connectivity index (χ1) is 12.9. The van der Waals surface area contributed by atoms with Crippen LogP contribution in [-0.2, 0) is 10.0 Å². The van der Waals surface area contributed by atoms with Gasteiger partial charge in [0.05, 0.1) is 27.9 Å². The van der Waals surface area contributed by atoms with Crippen LogP contribution in [-0.4, -0.2) is 29.8 Å².